The van der Waals surface area contributed by atoms with Gasteiger partial charge in [0.1, 0.15) is 0 Å². The predicted molar refractivity (Wildman–Crippen MR) is 70.7 cm³/mol. The molecule has 0 radical (unpaired) electrons. The van der Waals surface area contributed by atoms with E-state index in [1.807, 2.05) is 10.7 Å². The van der Waals surface area contributed by atoms with Gasteiger partial charge in [-0.15, -0.1) is 5.10 Å². The highest BCUT2D eigenvalue weighted by Crippen LogP contribution is 2.21. The van der Waals surface area contributed by atoms with Gasteiger partial charge in [-0.25, -0.2) is 10.1 Å². The number of aromatic nitrogens is 3. The van der Waals surface area contributed by atoms with Crippen molar-refractivity contribution in [3.63, 3.8) is 0 Å². The molecule has 2 rings (SSSR count). The Morgan fingerprint density at radius 2 is 2.28 bits per heavy atom. The molecule has 1 atom stereocenters. The molecule has 3 N–H and O–H groups in total. The Labute approximate surface area is 107 Å². The normalized spacial score (nSPS) is 12.6. The molecule has 2 aromatic rings. The topological polar surface area (TPSA) is 68.8 Å². The maximum absolute atomic E-state index is 5.69. The van der Waals surface area contributed by atoms with Gasteiger partial charge in [0.2, 0.25) is 0 Å². The van der Waals surface area contributed by atoms with Gasteiger partial charge in [-0.1, -0.05) is 42.0 Å². The van der Waals surface area contributed by atoms with Crippen molar-refractivity contribution in [2.45, 2.75) is 32.9 Å². The summed E-state index contributed by atoms with van der Waals surface area (Å²) in [6.45, 7) is 5.03. The third-order valence-electron chi connectivity index (χ3n) is 2.92. The average Bonchev–Trinajstić information content (AvgIpc) is 2.79. The van der Waals surface area contributed by atoms with Gasteiger partial charge in [0, 0.05) is 6.54 Å². The SMILES string of the molecule is CCCn1nncc1C(NN)c1cccc(C)c1. The van der Waals surface area contributed by atoms with Crippen LogP contribution in [0.2, 0.25) is 0 Å². The second-order valence-electron chi connectivity index (χ2n) is 4.40. The van der Waals surface area contributed by atoms with E-state index in [1.165, 1.54) is 5.56 Å². The first kappa shape index (κ1) is 12.7. The van der Waals surface area contributed by atoms with Gasteiger partial charge in [0.15, 0.2) is 0 Å². The van der Waals surface area contributed by atoms with Crippen LogP contribution < -0.4 is 11.3 Å². The lowest BCUT2D eigenvalue weighted by atomic mass is 10.0. The molecule has 1 unspecified atom stereocenters. The van der Waals surface area contributed by atoms with E-state index in [1.54, 1.807) is 6.20 Å². The summed E-state index contributed by atoms with van der Waals surface area (Å²) < 4.78 is 1.90. The zero-order valence-electron chi connectivity index (χ0n) is 10.8. The first-order chi connectivity index (χ1) is 8.76. The van der Waals surface area contributed by atoms with Gasteiger partial charge in [-0.2, -0.15) is 0 Å². The maximum Gasteiger partial charge on any atom is 0.0894 e. The molecular formula is C13H19N5. The molecule has 5 nitrogen and oxygen atoms in total. The quantitative estimate of drug-likeness (QED) is 0.619. The highest BCUT2D eigenvalue weighted by Gasteiger charge is 2.17. The minimum atomic E-state index is -0.0774. The number of rotatable bonds is 5. The summed E-state index contributed by atoms with van der Waals surface area (Å²) in [6.07, 6.45) is 2.78. The van der Waals surface area contributed by atoms with E-state index in [0.717, 1.165) is 24.2 Å². The summed E-state index contributed by atoms with van der Waals surface area (Å²) in [5.74, 6) is 5.69. The van der Waals surface area contributed by atoms with Crippen molar-refractivity contribution >= 4 is 0 Å². The van der Waals surface area contributed by atoms with Crippen molar-refractivity contribution in [3.8, 4) is 0 Å². The molecule has 0 saturated heterocycles. The molecule has 1 aromatic carbocycles. The minimum absolute atomic E-state index is 0.0774. The van der Waals surface area contributed by atoms with Crippen LogP contribution in [-0.4, -0.2) is 15.0 Å². The molecule has 0 fully saturated rings. The van der Waals surface area contributed by atoms with Gasteiger partial charge in [0.25, 0.3) is 0 Å². The summed E-state index contributed by atoms with van der Waals surface area (Å²) in [4.78, 5) is 0. The maximum atomic E-state index is 5.69. The summed E-state index contributed by atoms with van der Waals surface area (Å²) in [5.41, 5.74) is 6.17. The zero-order valence-corrected chi connectivity index (χ0v) is 10.8. The number of hydrazine groups is 1. The third-order valence-corrected chi connectivity index (χ3v) is 2.92. The molecule has 0 spiro atoms. The van der Waals surface area contributed by atoms with Crippen LogP contribution in [0.15, 0.2) is 30.5 Å². The molecular weight excluding hydrogens is 226 g/mol. The fourth-order valence-corrected chi connectivity index (χ4v) is 2.08. The Bertz CT molecular complexity index is 506. The molecule has 0 bridgehead atoms. The van der Waals surface area contributed by atoms with Crippen molar-refractivity contribution < 1.29 is 0 Å². The Kier molecular flexibility index (Phi) is 4.07. The number of hydrogen-bond donors (Lipinski definition) is 2. The lowest BCUT2D eigenvalue weighted by Crippen LogP contribution is -2.30. The standard InChI is InChI=1S/C13H19N5/c1-3-7-18-12(9-15-17-18)13(16-14)11-6-4-5-10(2)8-11/h4-6,8-9,13,16H,3,7,14H2,1-2H3. The Morgan fingerprint density at radius 3 is 2.94 bits per heavy atom. The number of nitrogens with zero attached hydrogens (tertiary/aromatic N) is 3. The average molecular weight is 245 g/mol. The Morgan fingerprint density at radius 1 is 1.44 bits per heavy atom. The first-order valence-corrected chi connectivity index (χ1v) is 6.17. The van der Waals surface area contributed by atoms with E-state index < -0.39 is 0 Å². The summed E-state index contributed by atoms with van der Waals surface area (Å²) in [6, 6.07) is 8.20. The van der Waals surface area contributed by atoms with Gasteiger partial charge in [-0.3, -0.25) is 5.84 Å². The van der Waals surface area contributed by atoms with Crippen molar-refractivity contribution in [3.05, 3.63) is 47.3 Å². The van der Waals surface area contributed by atoms with Crippen molar-refractivity contribution in [2.24, 2.45) is 5.84 Å². The predicted octanol–water partition coefficient (Wildman–Crippen LogP) is 1.55. The molecule has 0 aliphatic heterocycles. The zero-order chi connectivity index (χ0) is 13.0. The van der Waals surface area contributed by atoms with E-state index in [2.05, 4.69) is 47.8 Å². The number of aryl methyl sites for hydroxylation is 2. The van der Waals surface area contributed by atoms with Crippen LogP contribution in [0, 0.1) is 6.92 Å². The van der Waals surface area contributed by atoms with Gasteiger partial charge in [0.05, 0.1) is 17.9 Å². The van der Waals surface area contributed by atoms with Crippen LogP contribution in [0.25, 0.3) is 0 Å². The van der Waals surface area contributed by atoms with Crippen LogP contribution in [0.3, 0.4) is 0 Å². The third kappa shape index (κ3) is 2.57. The molecule has 1 aromatic heterocycles. The fraction of sp³-hybridized carbons (Fsp3) is 0.385. The first-order valence-electron chi connectivity index (χ1n) is 6.17. The van der Waals surface area contributed by atoms with E-state index in [4.69, 9.17) is 5.84 Å². The number of nitrogens with two attached hydrogens (primary N) is 1. The van der Waals surface area contributed by atoms with Crippen LogP contribution in [0.4, 0.5) is 0 Å². The van der Waals surface area contributed by atoms with Crippen LogP contribution in [0.5, 0.6) is 0 Å². The number of hydrogen-bond acceptors (Lipinski definition) is 4. The van der Waals surface area contributed by atoms with Gasteiger partial charge >= 0.3 is 0 Å². The van der Waals surface area contributed by atoms with Crippen LogP contribution in [-0.2, 0) is 6.54 Å². The van der Waals surface area contributed by atoms with E-state index >= 15 is 0 Å². The molecule has 1 heterocycles. The summed E-state index contributed by atoms with van der Waals surface area (Å²) >= 11 is 0. The second-order valence-corrected chi connectivity index (χ2v) is 4.40. The van der Waals surface area contributed by atoms with Crippen LogP contribution in [0.1, 0.15) is 36.2 Å². The van der Waals surface area contributed by atoms with Crippen LogP contribution >= 0.6 is 0 Å². The smallest absolute Gasteiger partial charge is 0.0894 e. The summed E-state index contributed by atoms with van der Waals surface area (Å²) in [5, 5.41) is 8.07. The molecule has 5 heteroatoms. The molecule has 0 aliphatic rings. The largest absolute Gasteiger partial charge is 0.271 e. The lowest BCUT2D eigenvalue weighted by molar-refractivity contribution is 0.512. The lowest BCUT2D eigenvalue weighted by Gasteiger charge is -2.17. The number of benzene rings is 1. The minimum Gasteiger partial charge on any atom is -0.271 e. The van der Waals surface area contributed by atoms with Gasteiger partial charge < -0.3 is 0 Å². The highest BCUT2D eigenvalue weighted by molar-refractivity contribution is 5.30. The highest BCUT2D eigenvalue weighted by atomic mass is 15.4. The summed E-state index contributed by atoms with van der Waals surface area (Å²) in [7, 11) is 0. The van der Waals surface area contributed by atoms with E-state index in [0.29, 0.717) is 0 Å². The monoisotopic (exact) mass is 245 g/mol. The van der Waals surface area contributed by atoms with Crippen molar-refractivity contribution in [2.75, 3.05) is 0 Å². The molecule has 0 saturated carbocycles. The van der Waals surface area contributed by atoms with Crippen molar-refractivity contribution in [1.82, 2.24) is 20.4 Å². The molecule has 0 aliphatic carbocycles. The molecule has 96 valence electrons. The molecule has 18 heavy (non-hydrogen) atoms. The van der Waals surface area contributed by atoms with E-state index in [-0.39, 0.29) is 6.04 Å². The van der Waals surface area contributed by atoms with Gasteiger partial charge in [-0.05, 0) is 18.9 Å². The second kappa shape index (κ2) is 5.75. The Balaban J connectivity index is 2.36. The molecule has 0 amide bonds. The van der Waals surface area contributed by atoms with E-state index in [9.17, 15) is 0 Å². The fourth-order valence-electron chi connectivity index (χ4n) is 2.08. The van der Waals surface area contributed by atoms with Crippen molar-refractivity contribution in [1.29, 1.82) is 0 Å². The Hall–Kier alpha value is -1.72. The number of nitrogens with one attached hydrogen (secondary N) is 1.